The molecule has 1 rings (SSSR count). The number of imidazole rings is 1. The summed E-state index contributed by atoms with van der Waals surface area (Å²) in [5, 5.41) is 15.9. The predicted octanol–water partition coefficient (Wildman–Crippen LogP) is 2.46. The zero-order valence-electron chi connectivity index (χ0n) is 20.4. The van der Waals surface area contributed by atoms with Gasteiger partial charge in [-0.1, -0.05) is 71.1 Å². The Labute approximate surface area is 202 Å². The Morgan fingerprint density at radius 3 is 2.06 bits per heavy atom. The number of carbonyl (C=O) groups excluding carboxylic acids is 3. The molecule has 0 radical (unpaired) electrons. The van der Waals surface area contributed by atoms with E-state index in [0.717, 1.165) is 19.3 Å². The molecule has 10 heteroatoms. The molecule has 1 aromatic rings. The Morgan fingerprint density at radius 2 is 1.50 bits per heavy atom. The van der Waals surface area contributed by atoms with Gasteiger partial charge >= 0.3 is 5.97 Å². The first-order valence-corrected chi connectivity index (χ1v) is 12.5. The van der Waals surface area contributed by atoms with E-state index in [0.29, 0.717) is 12.1 Å². The van der Waals surface area contributed by atoms with Crippen LogP contribution in [0.15, 0.2) is 12.5 Å². The van der Waals surface area contributed by atoms with Crippen molar-refractivity contribution >= 4 is 23.7 Å². The SMILES string of the molecule is CCCCCCCCCCCCCC(=O)N[C@@H](Cc1c[nH]cn1)C(=O)NCC(=O)NCC(=O)O. The van der Waals surface area contributed by atoms with E-state index in [-0.39, 0.29) is 18.9 Å². The molecule has 1 aromatic heterocycles. The molecule has 1 atom stereocenters. The normalized spacial score (nSPS) is 11.6. The number of carboxylic acid groups (broad SMARTS) is 1. The minimum absolute atomic E-state index is 0.177. The summed E-state index contributed by atoms with van der Waals surface area (Å²) in [5.41, 5.74) is 0.602. The zero-order valence-corrected chi connectivity index (χ0v) is 20.4. The van der Waals surface area contributed by atoms with E-state index < -0.39 is 30.4 Å². The number of carbonyl (C=O) groups is 4. The largest absolute Gasteiger partial charge is 0.480 e. The highest BCUT2D eigenvalue weighted by molar-refractivity contribution is 5.91. The van der Waals surface area contributed by atoms with Gasteiger partial charge in [-0.2, -0.15) is 0 Å². The highest BCUT2D eigenvalue weighted by Gasteiger charge is 2.22. The molecule has 34 heavy (non-hydrogen) atoms. The topological polar surface area (TPSA) is 153 Å². The van der Waals surface area contributed by atoms with Crippen molar-refractivity contribution in [2.45, 2.75) is 96.4 Å². The van der Waals surface area contributed by atoms with Crippen LogP contribution in [0.2, 0.25) is 0 Å². The lowest BCUT2D eigenvalue weighted by Gasteiger charge is -2.17. The lowest BCUT2D eigenvalue weighted by Crippen LogP contribution is -2.50. The number of amides is 3. The summed E-state index contributed by atoms with van der Waals surface area (Å²) < 4.78 is 0. The number of nitrogens with one attached hydrogen (secondary N) is 4. The van der Waals surface area contributed by atoms with Gasteiger partial charge < -0.3 is 26.0 Å². The third kappa shape index (κ3) is 15.0. The first kappa shape index (κ1) is 29.1. The van der Waals surface area contributed by atoms with Crippen molar-refractivity contribution < 1.29 is 24.3 Å². The van der Waals surface area contributed by atoms with Crippen LogP contribution in [0.1, 0.15) is 89.7 Å². The van der Waals surface area contributed by atoms with Crippen molar-refractivity contribution in [1.82, 2.24) is 25.9 Å². The van der Waals surface area contributed by atoms with Crippen molar-refractivity contribution in [2.24, 2.45) is 0 Å². The molecular formula is C24H41N5O5. The van der Waals surface area contributed by atoms with Crippen LogP contribution in [0.25, 0.3) is 0 Å². The fourth-order valence-corrected chi connectivity index (χ4v) is 3.56. The summed E-state index contributed by atoms with van der Waals surface area (Å²) in [6, 6.07) is -0.879. The van der Waals surface area contributed by atoms with Crippen LogP contribution in [0.5, 0.6) is 0 Å². The Kier molecular flexibility index (Phi) is 15.9. The van der Waals surface area contributed by atoms with Crippen LogP contribution >= 0.6 is 0 Å². The summed E-state index contributed by atoms with van der Waals surface area (Å²) in [6.45, 7) is 1.32. The molecule has 3 amide bonds. The van der Waals surface area contributed by atoms with E-state index in [4.69, 9.17) is 5.11 Å². The molecule has 0 spiro atoms. The monoisotopic (exact) mass is 479 g/mol. The minimum Gasteiger partial charge on any atom is -0.480 e. The highest BCUT2D eigenvalue weighted by atomic mass is 16.4. The van der Waals surface area contributed by atoms with Gasteiger partial charge in [-0.15, -0.1) is 0 Å². The molecule has 10 nitrogen and oxygen atoms in total. The maximum Gasteiger partial charge on any atom is 0.322 e. The van der Waals surface area contributed by atoms with E-state index in [1.54, 1.807) is 6.20 Å². The number of carboxylic acids is 1. The molecule has 192 valence electrons. The number of aromatic nitrogens is 2. The van der Waals surface area contributed by atoms with Crippen LogP contribution < -0.4 is 16.0 Å². The molecule has 0 saturated carbocycles. The number of H-pyrrole nitrogens is 1. The maximum absolute atomic E-state index is 12.5. The van der Waals surface area contributed by atoms with Crippen LogP contribution in [-0.2, 0) is 25.6 Å². The average molecular weight is 480 g/mol. The first-order chi connectivity index (χ1) is 16.4. The van der Waals surface area contributed by atoms with Crippen molar-refractivity contribution in [3.05, 3.63) is 18.2 Å². The van der Waals surface area contributed by atoms with Crippen molar-refractivity contribution in [3.63, 3.8) is 0 Å². The van der Waals surface area contributed by atoms with Crippen molar-refractivity contribution in [3.8, 4) is 0 Å². The number of nitrogens with zero attached hydrogens (tertiary/aromatic N) is 1. The second-order valence-corrected chi connectivity index (χ2v) is 8.56. The molecule has 0 aliphatic heterocycles. The summed E-state index contributed by atoms with van der Waals surface area (Å²) >= 11 is 0. The summed E-state index contributed by atoms with van der Waals surface area (Å²) in [7, 11) is 0. The fourth-order valence-electron chi connectivity index (χ4n) is 3.56. The molecular weight excluding hydrogens is 438 g/mol. The number of unbranched alkanes of at least 4 members (excludes halogenated alkanes) is 10. The van der Waals surface area contributed by atoms with E-state index in [1.165, 1.54) is 57.7 Å². The van der Waals surface area contributed by atoms with Crippen LogP contribution in [-0.4, -0.2) is 57.9 Å². The second kappa shape index (κ2) is 18.5. The van der Waals surface area contributed by atoms with Crippen LogP contribution in [0.4, 0.5) is 0 Å². The first-order valence-electron chi connectivity index (χ1n) is 12.5. The van der Waals surface area contributed by atoms with Gasteiger partial charge in [-0.3, -0.25) is 19.2 Å². The van der Waals surface area contributed by atoms with Gasteiger partial charge in [0.15, 0.2) is 0 Å². The third-order valence-electron chi connectivity index (χ3n) is 5.49. The van der Waals surface area contributed by atoms with Crippen molar-refractivity contribution in [2.75, 3.05) is 13.1 Å². The predicted molar refractivity (Wildman–Crippen MR) is 129 cm³/mol. The molecule has 0 aliphatic carbocycles. The molecule has 0 unspecified atom stereocenters. The second-order valence-electron chi connectivity index (χ2n) is 8.56. The number of hydrogen-bond donors (Lipinski definition) is 5. The number of rotatable bonds is 20. The molecule has 0 aliphatic rings. The zero-order chi connectivity index (χ0) is 25.0. The van der Waals surface area contributed by atoms with Gasteiger partial charge in [0.05, 0.1) is 18.6 Å². The van der Waals surface area contributed by atoms with Gasteiger partial charge in [0, 0.05) is 19.0 Å². The van der Waals surface area contributed by atoms with Gasteiger partial charge in [0.1, 0.15) is 12.6 Å². The van der Waals surface area contributed by atoms with E-state index >= 15 is 0 Å². The molecule has 5 N–H and O–H groups in total. The van der Waals surface area contributed by atoms with Gasteiger partial charge in [-0.25, -0.2) is 4.98 Å². The summed E-state index contributed by atoms with van der Waals surface area (Å²) in [4.78, 5) is 54.0. The Bertz CT molecular complexity index is 723. The Morgan fingerprint density at radius 1 is 0.882 bits per heavy atom. The quantitative estimate of drug-likeness (QED) is 0.181. The lowest BCUT2D eigenvalue weighted by molar-refractivity contribution is -0.138. The average Bonchev–Trinajstić information content (AvgIpc) is 3.32. The van der Waals surface area contributed by atoms with Crippen LogP contribution in [0.3, 0.4) is 0 Å². The van der Waals surface area contributed by atoms with Gasteiger partial charge in [0.25, 0.3) is 0 Å². The molecule has 0 fully saturated rings. The molecule has 0 aromatic carbocycles. The number of hydrogen-bond acceptors (Lipinski definition) is 5. The van der Waals surface area contributed by atoms with E-state index in [2.05, 4.69) is 32.8 Å². The number of aromatic amines is 1. The standard InChI is InChI=1S/C24H41N5O5/c1-2-3-4-5-6-7-8-9-10-11-12-13-21(30)29-20(14-19-15-25-18-28-19)24(34)27-16-22(31)26-17-23(32)33/h15,18,20H,2-14,16-17H2,1H3,(H,25,28)(H,26,31)(H,27,34)(H,29,30)(H,32,33)/t20-/m0/s1. The fraction of sp³-hybridized carbons (Fsp3) is 0.708. The maximum atomic E-state index is 12.5. The summed E-state index contributed by atoms with van der Waals surface area (Å²) in [6.07, 6.45) is 16.7. The Balaban J connectivity index is 2.30. The molecule has 1 heterocycles. The van der Waals surface area contributed by atoms with E-state index in [9.17, 15) is 19.2 Å². The smallest absolute Gasteiger partial charge is 0.322 e. The van der Waals surface area contributed by atoms with E-state index in [1.807, 2.05) is 0 Å². The molecule has 0 bridgehead atoms. The lowest BCUT2D eigenvalue weighted by atomic mass is 10.0. The minimum atomic E-state index is -1.18. The Hall–Kier alpha value is -2.91. The van der Waals surface area contributed by atoms with Gasteiger partial charge in [0.2, 0.25) is 17.7 Å². The third-order valence-corrected chi connectivity index (χ3v) is 5.49. The van der Waals surface area contributed by atoms with Crippen LogP contribution in [0, 0.1) is 0 Å². The number of aliphatic carboxylic acids is 1. The highest BCUT2D eigenvalue weighted by Crippen LogP contribution is 2.12. The summed E-state index contributed by atoms with van der Waals surface area (Å²) in [5.74, 6) is -2.55. The molecule has 0 saturated heterocycles. The van der Waals surface area contributed by atoms with Gasteiger partial charge in [-0.05, 0) is 6.42 Å². The van der Waals surface area contributed by atoms with Crippen molar-refractivity contribution in [1.29, 1.82) is 0 Å².